The zero-order valence-corrected chi connectivity index (χ0v) is 11.9. The minimum Gasteiger partial charge on any atom is -0.324 e. The van der Waals surface area contributed by atoms with Crippen LogP contribution in [-0.2, 0) is 11.0 Å². The highest BCUT2D eigenvalue weighted by Gasteiger charge is 2.32. The van der Waals surface area contributed by atoms with Gasteiger partial charge in [-0.25, -0.2) is 0 Å². The Morgan fingerprint density at radius 3 is 2.45 bits per heavy atom. The van der Waals surface area contributed by atoms with Crippen LogP contribution < -0.4 is 11.1 Å². The highest BCUT2D eigenvalue weighted by molar-refractivity contribution is 6.31. The lowest BCUT2D eigenvalue weighted by Crippen LogP contribution is -2.48. The summed E-state index contributed by atoms with van der Waals surface area (Å²) in [7, 11) is 0. The number of anilines is 1. The first-order valence-corrected chi connectivity index (χ1v) is 6.42. The third-order valence-electron chi connectivity index (χ3n) is 2.77. The topological polar surface area (TPSA) is 55.1 Å². The van der Waals surface area contributed by atoms with E-state index in [4.69, 9.17) is 17.3 Å². The number of carbonyl (C=O) groups is 1. The Morgan fingerprint density at radius 2 is 1.95 bits per heavy atom. The van der Waals surface area contributed by atoms with E-state index in [1.807, 2.05) is 6.92 Å². The van der Waals surface area contributed by atoms with E-state index >= 15 is 0 Å². The standard InChI is InChI=1S/C13H16ClF3N2O/c1-3-4-12(2,18)11(20)19-10-6-8(13(15,16)17)5-9(14)7-10/h5-7H,3-4,18H2,1-2H3,(H,19,20). The molecule has 0 aliphatic carbocycles. The van der Waals surface area contributed by atoms with Crippen LogP contribution in [0.5, 0.6) is 0 Å². The monoisotopic (exact) mass is 308 g/mol. The van der Waals surface area contributed by atoms with Crippen molar-refractivity contribution < 1.29 is 18.0 Å². The Kier molecular flexibility index (Phi) is 5.05. The van der Waals surface area contributed by atoms with Gasteiger partial charge in [0.15, 0.2) is 0 Å². The number of nitrogens with one attached hydrogen (secondary N) is 1. The summed E-state index contributed by atoms with van der Waals surface area (Å²) >= 11 is 5.63. The Bertz CT molecular complexity index is 501. The first kappa shape index (κ1) is 16.8. The van der Waals surface area contributed by atoms with Crippen LogP contribution in [0.3, 0.4) is 0 Å². The summed E-state index contributed by atoms with van der Waals surface area (Å²) in [5.74, 6) is -0.547. The molecule has 1 aromatic carbocycles. The number of benzene rings is 1. The van der Waals surface area contributed by atoms with E-state index in [9.17, 15) is 18.0 Å². The summed E-state index contributed by atoms with van der Waals surface area (Å²) in [6, 6.07) is 2.87. The lowest BCUT2D eigenvalue weighted by molar-refractivity contribution is -0.137. The van der Waals surface area contributed by atoms with Crippen LogP contribution in [0, 0.1) is 0 Å². The number of carbonyl (C=O) groups excluding carboxylic acids is 1. The van der Waals surface area contributed by atoms with Crippen molar-refractivity contribution in [1.29, 1.82) is 0 Å². The van der Waals surface area contributed by atoms with Crippen LogP contribution in [0.25, 0.3) is 0 Å². The Labute approximate surface area is 120 Å². The third kappa shape index (κ3) is 4.38. The van der Waals surface area contributed by atoms with Gasteiger partial charge in [-0.15, -0.1) is 0 Å². The fourth-order valence-corrected chi connectivity index (χ4v) is 1.97. The van der Waals surface area contributed by atoms with Gasteiger partial charge in [-0.1, -0.05) is 24.9 Å². The van der Waals surface area contributed by atoms with E-state index in [1.54, 1.807) is 0 Å². The van der Waals surface area contributed by atoms with Crippen LogP contribution in [0.1, 0.15) is 32.3 Å². The molecule has 0 heterocycles. The van der Waals surface area contributed by atoms with E-state index in [0.717, 1.165) is 12.1 Å². The lowest BCUT2D eigenvalue weighted by Gasteiger charge is -2.23. The summed E-state index contributed by atoms with van der Waals surface area (Å²) < 4.78 is 37.9. The molecular formula is C13H16ClF3N2O. The molecule has 1 atom stereocenters. The quantitative estimate of drug-likeness (QED) is 0.888. The van der Waals surface area contributed by atoms with Gasteiger partial charge in [0.1, 0.15) is 0 Å². The first-order chi connectivity index (χ1) is 9.06. The molecule has 1 unspecified atom stereocenters. The van der Waals surface area contributed by atoms with Gasteiger partial charge >= 0.3 is 6.18 Å². The SMILES string of the molecule is CCCC(C)(N)C(=O)Nc1cc(Cl)cc(C(F)(F)F)c1. The van der Waals surface area contributed by atoms with Crippen LogP contribution in [0.4, 0.5) is 18.9 Å². The normalized spacial score (nSPS) is 14.8. The summed E-state index contributed by atoms with van der Waals surface area (Å²) in [4.78, 5) is 11.9. The molecule has 1 amide bonds. The summed E-state index contributed by atoms with van der Waals surface area (Å²) in [5.41, 5.74) is 3.72. The van der Waals surface area contributed by atoms with Crippen molar-refractivity contribution in [1.82, 2.24) is 0 Å². The second-order valence-electron chi connectivity index (χ2n) is 4.85. The van der Waals surface area contributed by atoms with Gasteiger partial charge in [-0.3, -0.25) is 4.79 Å². The molecule has 7 heteroatoms. The van der Waals surface area contributed by atoms with Crippen molar-refractivity contribution in [3.63, 3.8) is 0 Å². The van der Waals surface area contributed by atoms with Gasteiger partial charge < -0.3 is 11.1 Å². The van der Waals surface area contributed by atoms with E-state index < -0.39 is 23.2 Å². The molecule has 112 valence electrons. The molecule has 0 spiro atoms. The summed E-state index contributed by atoms with van der Waals surface area (Å²) in [6.07, 6.45) is -3.42. The number of hydrogen-bond donors (Lipinski definition) is 2. The molecule has 1 rings (SSSR count). The maximum absolute atomic E-state index is 12.6. The predicted octanol–water partition coefficient (Wildman–Crippen LogP) is 3.81. The Balaban J connectivity index is 2.99. The maximum Gasteiger partial charge on any atom is 0.416 e. The van der Waals surface area contributed by atoms with E-state index in [0.29, 0.717) is 12.8 Å². The molecule has 0 fully saturated rings. The van der Waals surface area contributed by atoms with Crippen molar-refractivity contribution >= 4 is 23.2 Å². The number of hydrogen-bond acceptors (Lipinski definition) is 2. The highest BCUT2D eigenvalue weighted by atomic mass is 35.5. The Morgan fingerprint density at radius 1 is 1.35 bits per heavy atom. The number of halogens is 4. The fraction of sp³-hybridized carbons (Fsp3) is 0.462. The number of rotatable bonds is 4. The zero-order valence-electron chi connectivity index (χ0n) is 11.1. The van der Waals surface area contributed by atoms with E-state index in [1.165, 1.54) is 13.0 Å². The average Bonchev–Trinajstić information content (AvgIpc) is 2.26. The molecule has 20 heavy (non-hydrogen) atoms. The molecule has 0 saturated carbocycles. The molecule has 3 nitrogen and oxygen atoms in total. The molecule has 0 aliphatic rings. The zero-order chi connectivity index (χ0) is 15.6. The Hall–Kier alpha value is -1.27. The highest BCUT2D eigenvalue weighted by Crippen LogP contribution is 2.33. The van der Waals surface area contributed by atoms with Gasteiger partial charge in [0.2, 0.25) is 5.91 Å². The van der Waals surface area contributed by atoms with Gasteiger partial charge in [0.05, 0.1) is 11.1 Å². The van der Waals surface area contributed by atoms with Crippen LogP contribution >= 0.6 is 11.6 Å². The van der Waals surface area contributed by atoms with Crippen LogP contribution in [0.2, 0.25) is 5.02 Å². The van der Waals surface area contributed by atoms with Crippen LogP contribution in [0.15, 0.2) is 18.2 Å². The summed E-state index contributed by atoms with van der Waals surface area (Å²) in [6.45, 7) is 3.39. The van der Waals surface area contributed by atoms with Crippen molar-refractivity contribution in [2.75, 3.05) is 5.32 Å². The minimum absolute atomic E-state index is 0.0254. The number of amides is 1. The van der Waals surface area contributed by atoms with Crippen molar-refractivity contribution in [3.8, 4) is 0 Å². The van der Waals surface area contributed by atoms with Crippen molar-refractivity contribution in [3.05, 3.63) is 28.8 Å². The van der Waals surface area contributed by atoms with Gasteiger partial charge in [-0.2, -0.15) is 13.2 Å². The maximum atomic E-state index is 12.6. The molecule has 3 N–H and O–H groups in total. The predicted molar refractivity (Wildman–Crippen MR) is 72.6 cm³/mol. The van der Waals surface area contributed by atoms with Gasteiger partial charge in [0, 0.05) is 10.7 Å². The summed E-state index contributed by atoms with van der Waals surface area (Å²) in [5, 5.41) is 2.26. The second-order valence-corrected chi connectivity index (χ2v) is 5.28. The number of alkyl halides is 3. The lowest BCUT2D eigenvalue weighted by atomic mass is 9.96. The third-order valence-corrected chi connectivity index (χ3v) is 2.99. The first-order valence-electron chi connectivity index (χ1n) is 6.04. The van der Waals surface area contributed by atoms with Gasteiger partial charge in [0.25, 0.3) is 0 Å². The smallest absolute Gasteiger partial charge is 0.324 e. The van der Waals surface area contributed by atoms with E-state index in [-0.39, 0.29) is 10.7 Å². The minimum atomic E-state index is -4.53. The van der Waals surface area contributed by atoms with Crippen molar-refractivity contribution in [2.24, 2.45) is 5.73 Å². The largest absolute Gasteiger partial charge is 0.416 e. The van der Waals surface area contributed by atoms with Gasteiger partial charge in [-0.05, 0) is 31.5 Å². The molecule has 0 bridgehead atoms. The molecule has 0 aliphatic heterocycles. The second kappa shape index (κ2) is 6.01. The number of nitrogens with two attached hydrogens (primary N) is 1. The van der Waals surface area contributed by atoms with Crippen molar-refractivity contribution in [2.45, 2.75) is 38.4 Å². The molecule has 1 aromatic rings. The molecule has 0 saturated heterocycles. The van der Waals surface area contributed by atoms with Crippen LogP contribution in [-0.4, -0.2) is 11.4 Å². The molecule has 0 radical (unpaired) electrons. The average molecular weight is 309 g/mol. The molecular weight excluding hydrogens is 293 g/mol. The van der Waals surface area contributed by atoms with E-state index in [2.05, 4.69) is 5.32 Å². The molecule has 0 aromatic heterocycles. The fourth-order valence-electron chi connectivity index (χ4n) is 1.73.